The number of amides is 1. The van der Waals surface area contributed by atoms with Gasteiger partial charge in [-0.2, -0.15) is 0 Å². The average Bonchev–Trinajstić information content (AvgIpc) is 3.49. The molecular formula is C22H28N2O3S. The Hall–Kier alpha value is -2.18. The van der Waals surface area contributed by atoms with Gasteiger partial charge in [-0.25, -0.2) is 13.1 Å². The third-order valence-electron chi connectivity index (χ3n) is 5.23. The highest BCUT2D eigenvalue weighted by Crippen LogP contribution is 2.24. The fraction of sp³-hybridized carbons (Fsp3) is 0.409. The monoisotopic (exact) mass is 400 g/mol. The van der Waals surface area contributed by atoms with Gasteiger partial charge in [0.15, 0.2) is 0 Å². The predicted molar refractivity (Wildman–Crippen MR) is 111 cm³/mol. The van der Waals surface area contributed by atoms with E-state index in [0.29, 0.717) is 12.1 Å². The third kappa shape index (κ3) is 4.80. The Kier molecular flexibility index (Phi) is 6.20. The smallest absolute Gasteiger partial charge is 0.254 e. The van der Waals surface area contributed by atoms with Crippen LogP contribution in [0.3, 0.4) is 0 Å². The Bertz CT molecular complexity index is 938. The highest BCUT2D eigenvalue weighted by atomic mass is 32.2. The summed E-state index contributed by atoms with van der Waals surface area (Å²) in [5.74, 6) is -0.140. The van der Waals surface area contributed by atoms with Crippen molar-refractivity contribution in [2.24, 2.45) is 0 Å². The lowest BCUT2D eigenvalue weighted by atomic mass is 10.0. The molecule has 2 aromatic rings. The predicted octanol–water partition coefficient (Wildman–Crippen LogP) is 3.88. The van der Waals surface area contributed by atoms with Crippen LogP contribution in [0.15, 0.2) is 53.4 Å². The molecule has 6 heteroatoms. The van der Waals surface area contributed by atoms with Gasteiger partial charge in [0.1, 0.15) is 0 Å². The zero-order valence-corrected chi connectivity index (χ0v) is 17.5. The Morgan fingerprint density at radius 2 is 1.86 bits per heavy atom. The zero-order valence-electron chi connectivity index (χ0n) is 16.7. The van der Waals surface area contributed by atoms with Crippen LogP contribution in [-0.2, 0) is 16.6 Å². The molecule has 0 heterocycles. The summed E-state index contributed by atoms with van der Waals surface area (Å²) in [5, 5.41) is 0. The lowest BCUT2D eigenvalue weighted by Gasteiger charge is -2.29. The largest absolute Gasteiger partial charge is 0.332 e. The van der Waals surface area contributed by atoms with Crippen LogP contribution < -0.4 is 4.72 Å². The number of sulfonamides is 1. The average molecular weight is 401 g/mol. The third-order valence-corrected chi connectivity index (χ3v) is 6.75. The van der Waals surface area contributed by atoms with Crippen molar-refractivity contribution in [3.05, 3.63) is 65.2 Å². The summed E-state index contributed by atoms with van der Waals surface area (Å²) in [4.78, 5) is 15.4. The summed E-state index contributed by atoms with van der Waals surface area (Å²) in [6.45, 7) is 6.40. The minimum atomic E-state index is -3.60. The van der Waals surface area contributed by atoms with Crippen molar-refractivity contribution in [2.45, 2.75) is 63.6 Å². The first-order chi connectivity index (χ1) is 13.3. The van der Waals surface area contributed by atoms with Crippen LogP contribution in [0.1, 0.15) is 54.6 Å². The molecule has 1 unspecified atom stereocenters. The van der Waals surface area contributed by atoms with Crippen LogP contribution >= 0.6 is 0 Å². The van der Waals surface area contributed by atoms with Crippen molar-refractivity contribution in [1.29, 1.82) is 0 Å². The topological polar surface area (TPSA) is 66.5 Å². The lowest BCUT2D eigenvalue weighted by Crippen LogP contribution is -2.38. The molecule has 3 rings (SSSR count). The fourth-order valence-electron chi connectivity index (χ4n) is 3.07. The highest BCUT2D eigenvalue weighted by molar-refractivity contribution is 7.89. The van der Waals surface area contributed by atoms with Crippen molar-refractivity contribution < 1.29 is 13.2 Å². The summed E-state index contributed by atoms with van der Waals surface area (Å²) in [6.07, 6.45) is 2.56. The summed E-state index contributed by atoms with van der Waals surface area (Å²) >= 11 is 0. The van der Waals surface area contributed by atoms with Crippen molar-refractivity contribution in [1.82, 2.24) is 9.62 Å². The molecule has 1 atom stereocenters. The number of aryl methyl sites for hydroxylation is 1. The standard InChI is InChI=1S/C22H28N2O3S/c1-4-17(3)24(15-18-8-6-5-7-9-18)22(25)21-14-20(13-10-16(21)2)28(26,27)23-19-11-12-19/h5-10,13-14,17,19,23H,4,11-12,15H2,1-3H3. The van der Waals surface area contributed by atoms with Crippen LogP contribution in [-0.4, -0.2) is 31.3 Å². The molecule has 150 valence electrons. The van der Waals surface area contributed by atoms with E-state index in [1.807, 2.05) is 56.0 Å². The molecule has 0 radical (unpaired) electrons. The molecule has 1 amide bonds. The van der Waals surface area contributed by atoms with Gasteiger partial charge in [0, 0.05) is 24.2 Å². The van der Waals surface area contributed by atoms with Gasteiger partial charge in [-0.3, -0.25) is 4.79 Å². The lowest BCUT2D eigenvalue weighted by molar-refractivity contribution is 0.0670. The number of benzene rings is 2. The van der Waals surface area contributed by atoms with Crippen molar-refractivity contribution in [3.8, 4) is 0 Å². The molecule has 0 saturated heterocycles. The minimum Gasteiger partial charge on any atom is -0.332 e. The maximum atomic E-state index is 13.4. The van der Waals surface area contributed by atoms with Gasteiger partial charge < -0.3 is 4.90 Å². The Morgan fingerprint density at radius 1 is 1.18 bits per heavy atom. The Labute approximate surface area is 167 Å². The van der Waals surface area contributed by atoms with Crippen LogP contribution in [0.5, 0.6) is 0 Å². The first-order valence-corrected chi connectivity index (χ1v) is 11.3. The highest BCUT2D eigenvalue weighted by Gasteiger charge is 2.29. The van der Waals surface area contributed by atoms with Crippen LogP contribution in [0, 0.1) is 6.92 Å². The molecule has 1 N–H and O–H groups in total. The van der Waals surface area contributed by atoms with E-state index < -0.39 is 10.0 Å². The fourth-order valence-corrected chi connectivity index (χ4v) is 4.40. The maximum absolute atomic E-state index is 13.4. The Balaban J connectivity index is 1.92. The first kappa shape index (κ1) is 20.6. The van der Waals surface area contributed by atoms with Gasteiger partial charge in [-0.15, -0.1) is 0 Å². The molecule has 0 aromatic heterocycles. The molecule has 0 bridgehead atoms. The van der Waals surface area contributed by atoms with E-state index in [4.69, 9.17) is 0 Å². The molecule has 28 heavy (non-hydrogen) atoms. The van der Waals surface area contributed by atoms with Gasteiger partial charge in [0.05, 0.1) is 4.90 Å². The maximum Gasteiger partial charge on any atom is 0.254 e. The second kappa shape index (κ2) is 8.45. The van der Waals surface area contributed by atoms with E-state index in [0.717, 1.165) is 30.4 Å². The van der Waals surface area contributed by atoms with E-state index in [9.17, 15) is 13.2 Å². The number of rotatable bonds is 8. The summed E-state index contributed by atoms with van der Waals surface area (Å²) in [5.41, 5.74) is 2.26. The van der Waals surface area contributed by atoms with Crippen LogP contribution in [0.2, 0.25) is 0 Å². The van der Waals surface area contributed by atoms with Crippen LogP contribution in [0.4, 0.5) is 0 Å². The van der Waals surface area contributed by atoms with Gasteiger partial charge in [-0.1, -0.05) is 43.3 Å². The number of hydrogen-bond acceptors (Lipinski definition) is 3. The minimum absolute atomic E-state index is 0.0279. The number of nitrogens with zero attached hydrogens (tertiary/aromatic N) is 1. The van der Waals surface area contributed by atoms with Gasteiger partial charge in [0.2, 0.25) is 10.0 Å². The quantitative estimate of drug-likeness (QED) is 0.731. The summed E-state index contributed by atoms with van der Waals surface area (Å²) in [6, 6.07) is 14.7. The zero-order chi connectivity index (χ0) is 20.3. The molecule has 5 nitrogen and oxygen atoms in total. The normalized spacial score (nSPS) is 15.2. The van der Waals surface area contributed by atoms with Gasteiger partial charge in [0.25, 0.3) is 5.91 Å². The molecule has 1 fully saturated rings. The number of carbonyl (C=O) groups excluding carboxylic acids is 1. The van der Waals surface area contributed by atoms with Gasteiger partial charge in [-0.05, 0) is 56.4 Å². The van der Waals surface area contributed by atoms with Crippen LogP contribution in [0.25, 0.3) is 0 Å². The molecule has 2 aromatic carbocycles. The first-order valence-electron chi connectivity index (χ1n) is 9.79. The van der Waals surface area contributed by atoms with Gasteiger partial charge >= 0.3 is 0 Å². The van der Waals surface area contributed by atoms with Crippen molar-refractivity contribution >= 4 is 15.9 Å². The molecular weight excluding hydrogens is 372 g/mol. The molecule has 0 aliphatic heterocycles. The molecule has 1 saturated carbocycles. The van der Waals surface area contributed by atoms with E-state index in [1.165, 1.54) is 6.07 Å². The summed E-state index contributed by atoms with van der Waals surface area (Å²) in [7, 11) is -3.60. The van der Waals surface area contributed by atoms with E-state index >= 15 is 0 Å². The number of nitrogens with one attached hydrogen (secondary N) is 1. The molecule has 0 spiro atoms. The van der Waals surface area contributed by atoms with Crippen molar-refractivity contribution in [2.75, 3.05) is 0 Å². The van der Waals surface area contributed by atoms with E-state index in [2.05, 4.69) is 4.72 Å². The molecule has 1 aliphatic carbocycles. The van der Waals surface area contributed by atoms with E-state index in [1.54, 1.807) is 12.1 Å². The number of hydrogen-bond donors (Lipinski definition) is 1. The van der Waals surface area contributed by atoms with E-state index in [-0.39, 0.29) is 22.9 Å². The SMILES string of the molecule is CCC(C)N(Cc1ccccc1)C(=O)c1cc(S(=O)(=O)NC2CC2)ccc1C. The Morgan fingerprint density at radius 3 is 2.46 bits per heavy atom. The molecule has 1 aliphatic rings. The number of carbonyl (C=O) groups is 1. The second-order valence-corrected chi connectivity index (χ2v) is 9.26. The second-order valence-electron chi connectivity index (χ2n) is 7.55. The van der Waals surface area contributed by atoms with Crippen molar-refractivity contribution in [3.63, 3.8) is 0 Å². The summed E-state index contributed by atoms with van der Waals surface area (Å²) < 4.78 is 27.8.